The molecule has 0 aromatic heterocycles. The molecule has 3 unspecified atom stereocenters. The molecule has 112 valence electrons. The van der Waals surface area contributed by atoms with Crippen LogP contribution >= 0.6 is 0 Å². The van der Waals surface area contributed by atoms with E-state index in [4.69, 9.17) is 4.74 Å². The van der Waals surface area contributed by atoms with Crippen LogP contribution in [0.2, 0.25) is 0 Å². The summed E-state index contributed by atoms with van der Waals surface area (Å²) in [4.78, 5) is 2.47. The Morgan fingerprint density at radius 1 is 1.16 bits per heavy atom. The lowest BCUT2D eigenvalue weighted by atomic mass is 9.90. The molecule has 0 radical (unpaired) electrons. The van der Waals surface area contributed by atoms with Gasteiger partial charge in [0.1, 0.15) is 0 Å². The fourth-order valence-corrected chi connectivity index (χ4v) is 3.53. The Morgan fingerprint density at radius 3 is 2.63 bits per heavy atom. The number of piperidine rings is 1. The lowest BCUT2D eigenvalue weighted by molar-refractivity contribution is 0.0262. The predicted octanol–water partition coefficient (Wildman–Crippen LogP) is 2.65. The minimum absolute atomic E-state index is 0.546. The lowest BCUT2D eigenvalue weighted by Crippen LogP contribution is -2.51. The molecular weight excluding hydrogens is 236 g/mol. The summed E-state index contributed by atoms with van der Waals surface area (Å²) in [6.45, 7) is 7.81. The van der Waals surface area contributed by atoms with Gasteiger partial charge >= 0.3 is 0 Å². The molecule has 2 rings (SSSR count). The molecule has 0 bridgehead atoms. The van der Waals surface area contributed by atoms with Crippen LogP contribution in [-0.2, 0) is 4.74 Å². The van der Waals surface area contributed by atoms with Gasteiger partial charge in [-0.3, -0.25) is 0 Å². The minimum atomic E-state index is 0.546. The summed E-state index contributed by atoms with van der Waals surface area (Å²) < 4.78 is 5.98. The second kappa shape index (κ2) is 7.61. The van der Waals surface area contributed by atoms with Crippen LogP contribution in [0, 0.1) is 5.92 Å². The third-order valence-electron chi connectivity index (χ3n) is 5.02. The van der Waals surface area contributed by atoms with Crippen LogP contribution < -0.4 is 5.32 Å². The summed E-state index contributed by atoms with van der Waals surface area (Å²) in [6, 6.07) is 1.37. The van der Waals surface area contributed by atoms with Crippen molar-refractivity contribution in [1.29, 1.82) is 0 Å². The third kappa shape index (κ3) is 4.73. The maximum atomic E-state index is 5.98. The van der Waals surface area contributed by atoms with Crippen molar-refractivity contribution in [2.24, 2.45) is 5.92 Å². The molecular formula is C16H32N2O. The van der Waals surface area contributed by atoms with Crippen LogP contribution in [0.5, 0.6) is 0 Å². The first-order chi connectivity index (χ1) is 9.16. The molecule has 1 N–H and O–H groups in total. The van der Waals surface area contributed by atoms with E-state index in [1.54, 1.807) is 0 Å². The Kier molecular flexibility index (Phi) is 6.11. The first-order valence-corrected chi connectivity index (χ1v) is 8.22. The van der Waals surface area contributed by atoms with E-state index in [1.165, 1.54) is 45.1 Å². The number of rotatable bonds is 5. The molecule has 0 aromatic rings. The molecule has 3 atom stereocenters. The zero-order valence-electron chi connectivity index (χ0n) is 13.0. The molecule has 1 saturated carbocycles. The van der Waals surface area contributed by atoms with Gasteiger partial charge in [-0.2, -0.15) is 0 Å². The van der Waals surface area contributed by atoms with Crippen molar-refractivity contribution in [3.63, 3.8) is 0 Å². The van der Waals surface area contributed by atoms with E-state index in [0.717, 1.165) is 19.1 Å². The predicted molar refractivity (Wildman–Crippen MR) is 80.5 cm³/mol. The SMILES string of the molecule is CC1CN(C)C(C)CC1NCCOC1CCCCC1. The van der Waals surface area contributed by atoms with Crippen LogP contribution in [-0.4, -0.2) is 49.8 Å². The van der Waals surface area contributed by atoms with Gasteiger partial charge in [0.15, 0.2) is 0 Å². The summed E-state index contributed by atoms with van der Waals surface area (Å²) in [6.07, 6.45) is 8.50. The van der Waals surface area contributed by atoms with Gasteiger partial charge in [0.2, 0.25) is 0 Å². The molecule has 0 aromatic carbocycles. The molecule has 3 nitrogen and oxygen atoms in total. The number of hydrogen-bond donors (Lipinski definition) is 1. The van der Waals surface area contributed by atoms with Crippen molar-refractivity contribution >= 4 is 0 Å². The minimum Gasteiger partial charge on any atom is -0.377 e. The van der Waals surface area contributed by atoms with Gasteiger partial charge in [-0.15, -0.1) is 0 Å². The molecule has 2 aliphatic rings. The fraction of sp³-hybridized carbons (Fsp3) is 1.00. The van der Waals surface area contributed by atoms with Gasteiger partial charge in [0.05, 0.1) is 12.7 Å². The molecule has 1 aliphatic carbocycles. The molecule has 1 heterocycles. The van der Waals surface area contributed by atoms with Gasteiger partial charge in [-0.1, -0.05) is 26.2 Å². The number of nitrogens with zero attached hydrogens (tertiary/aromatic N) is 1. The maximum absolute atomic E-state index is 5.98. The number of ether oxygens (including phenoxy) is 1. The largest absolute Gasteiger partial charge is 0.377 e. The summed E-state index contributed by atoms with van der Waals surface area (Å²) in [5.74, 6) is 0.746. The zero-order valence-corrected chi connectivity index (χ0v) is 13.0. The highest BCUT2D eigenvalue weighted by atomic mass is 16.5. The van der Waals surface area contributed by atoms with Gasteiger partial charge in [-0.25, -0.2) is 0 Å². The molecule has 0 amide bonds. The number of nitrogens with one attached hydrogen (secondary N) is 1. The van der Waals surface area contributed by atoms with E-state index in [-0.39, 0.29) is 0 Å². The van der Waals surface area contributed by atoms with Crippen LogP contribution in [0.15, 0.2) is 0 Å². The van der Waals surface area contributed by atoms with Crippen LogP contribution in [0.4, 0.5) is 0 Å². The fourth-order valence-electron chi connectivity index (χ4n) is 3.53. The second-order valence-corrected chi connectivity index (χ2v) is 6.69. The number of hydrogen-bond acceptors (Lipinski definition) is 3. The van der Waals surface area contributed by atoms with Crippen molar-refractivity contribution in [2.45, 2.75) is 70.6 Å². The molecule has 1 saturated heterocycles. The first kappa shape index (κ1) is 15.3. The van der Waals surface area contributed by atoms with E-state index < -0.39 is 0 Å². The highest BCUT2D eigenvalue weighted by Gasteiger charge is 2.28. The van der Waals surface area contributed by atoms with Crippen molar-refractivity contribution in [1.82, 2.24) is 10.2 Å². The average Bonchev–Trinajstić information content (AvgIpc) is 2.41. The van der Waals surface area contributed by atoms with E-state index in [1.807, 2.05) is 0 Å². The van der Waals surface area contributed by atoms with Crippen LogP contribution in [0.3, 0.4) is 0 Å². The molecule has 0 spiro atoms. The van der Waals surface area contributed by atoms with Crippen LogP contribution in [0.1, 0.15) is 52.4 Å². The van der Waals surface area contributed by atoms with E-state index in [0.29, 0.717) is 18.2 Å². The highest BCUT2D eigenvalue weighted by molar-refractivity contribution is 4.85. The second-order valence-electron chi connectivity index (χ2n) is 6.69. The zero-order chi connectivity index (χ0) is 13.7. The summed E-state index contributed by atoms with van der Waals surface area (Å²) in [5.41, 5.74) is 0. The monoisotopic (exact) mass is 268 g/mol. The maximum Gasteiger partial charge on any atom is 0.0594 e. The Labute approximate surface area is 119 Å². The van der Waals surface area contributed by atoms with Crippen molar-refractivity contribution in [3.8, 4) is 0 Å². The lowest BCUT2D eigenvalue weighted by Gasteiger charge is -2.40. The Bertz CT molecular complexity index is 253. The van der Waals surface area contributed by atoms with Gasteiger partial charge in [-0.05, 0) is 39.2 Å². The van der Waals surface area contributed by atoms with E-state index >= 15 is 0 Å². The van der Waals surface area contributed by atoms with E-state index in [2.05, 4.69) is 31.1 Å². The summed E-state index contributed by atoms with van der Waals surface area (Å²) in [5, 5.41) is 3.71. The topological polar surface area (TPSA) is 24.5 Å². The Balaban J connectivity index is 1.59. The first-order valence-electron chi connectivity index (χ1n) is 8.22. The van der Waals surface area contributed by atoms with Gasteiger partial charge in [0, 0.05) is 25.2 Å². The van der Waals surface area contributed by atoms with Crippen molar-refractivity contribution in [2.75, 3.05) is 26.7 Å². The smallest absolute Gasteiger partial charge is 0.0594 e. The molecule has 3 heteroatoms. The normalized spacial score (nSPS) is 34.6. The summed E-state index contributed by atoms with van der Waals surface area (Å²) in [7, 11) is 2.24. The van der Waals surface area contributed by atoms with Crippen molar-refractivity contribution < 1.29 is 4.74 Å². The molecule has 19 heavy (non-hydrogen) atoms. The average molecular weight is 268 g/mol. The summed E-state index contributed by atoms with van der Waals surface area (Å²) >= 11 is 0. The van der Waals surface area contributed by atoms with E-state index in [9.17, 15) is 0 Å². The number of likely N-dealkylation sites (tertiary alicyclic amines) is 1. The van der Waals surface area contributed by atoms with Crippen LogP contribution in [0.25, 0.3) is 0 Å². The standard InChI is InChI=1S/C16H32N2O/c1-13-12-18(3)14(2)11-16(13)17-9-10-19-15-7-5-4-6-8-15/h13-17H,4-12H2,1-3H3. The van der Waals surface area contributed by atoms with Gasteiger partial charge in [0.25, 0.3) is 0 Å². The van der Waals surface area contributed by atoms with Crippen molar-refractivity contribution in [3.05, 3.63) is 0 Å². The Hall–Kier alpha value is -0.120. The molecule has 1 aliphatic heterocycles. The molecule has 2 fully saturated rings. The van der Waals surface area contributed by atoms with Gasteiger partial charge < -0.3 is 15.0 Å². The quantitative estimate of drug-likeness (QED) is 0.776. The third-order valence-corrected chi connectivity index (χ3v) is 5.02. The highest BCUT2D eigenvalue weighted by Crippen LogP contribution is 2.21. The Morgan fingerprint density at radius 2 is 1.89 bits per heavy atom.